The number of rotatable bonds is 9. The molecule has 5 atom stereocenters. The minimum Gasteiger partial charge on any atom is -0.493 e. The Morgan fingerprint density at radius 3 is 2.46 bits per heavy atom. The normalized spacial score (nSPS) is 27.1. The molecule has 0 bridgehead atoms. The smallest absolute Gasteiger partial charge is 0.337 e. The van der Waals surface area contributed by atoms with Gasteiger partial charge in [0.1, 0.15) is 23.7 Å². The van der Waals surface area contributed by atoms with Crippen LogP contribution >= 0.6 is 34.8 Å². The Kier molecular flexibility index (Phi) is 8.51. The molecule has 0 amide bonds. The van der Waals surface area contributed by atoms with E-state index in [0.29, 0.717) is 49.5 Å². The number of carbonyl (C=O) groups is 1. The largest absolute Gasteiger partial charge is 0.493 e. The number of benzene rings is 2. The third kappa shape index (κ3) is 5.90. The van der Waals surface area contributed by atoms with Crippen LogP contribution in [0, 0.1) is 17.3 Å². The van der Waals surface area contributed by atoms with E-state index in [0.717, 1.165) is 18.4 Å². The van der Waals surface area contributed by atoms with Gasteiger partial charge in [-0.2, -0.15) is 0 Å². The highest BCUT2D eigenvalue weighted by atomic mass is 35.5. The molecule has 6 nitrogen and oxygen atoms in total. The number of carbonyl (C=O) groups excluding carboxylic acids is 1. The maximum absolute atomic E-state index is 11.9. The fraction of sp³-hybridized carbons (Fsp3) is 0.438. The fourth-order valence-electron chi connectivity index (χ4n) is 5.91. The first kappa shape index (κ1) is 30.0. The van der Waals surface area contributed by atoms with E-state index in [1.165, 1.54) is 7.11 Å². The molecule has 0 saturated heterocycles. The number of halogens is 3. The van der Waals surface area contributed by atoms with Crippen molar-refractivity contribution in [3.63, 3.8) is 0 Å². The molecule has 5 rings (SSSR count). The van der Waals surface area contributed by atoms with Gasteiger partial charge in [0, 0.05) is 17.7 Å². The second-order valence-corrected chi connectivity index (χ2v) is 12.9. The van der Waals surface area contributed by atoms with Crippen LogP contribution in [-0.2, 0) is 19.1 Å². The van der Waals surface area contributed by atoms with Gasteiger partial charge in [0.2, 0.25) is 0 Å². The first-order valence-electron chi connectivity index (χ1n) is 13.6. The average molecular weight is 619 g/mol. The Bertz CT molecular complexity index is 1410. The molecule has 218 valence electrons. The molecule has 0 radical (unpaired) electrons. The predicted octanol–water partition coefficient (Wildman–Crippen LogP) is 8.04. The van der Waals surface area contributed by atoms with Gasteiger partial charge >= 0.3 is 5.97 Å². The molecule has 2 aromatic rings. The van der Waals surface area contributed by atoms with Gasteiger partial charge < -0.3 is 19.0 Å². The van der Waals surface area contributed by atoms with Gasteiger partial charge in [-0.15, -0.1) is 0 Å². The van der Waals surface area contributed by atoms with Crippen LogP contribution in [-0.4, -0.2) is 44.2 Å². The van der Waals surface area contributed by atoms with Gasteiger partial charge in [0.05, 0.1) is 28.6 Å². The molecular weight excluding hydrogens is 585 g/mol. The van der Waals surface area contributed by atoms with Crippen molar-refractivity contribution in [2.45, 2.75) is 51.2 Å². The second-order valence-electron chi connectivity index (χ2n) is 11.7. The zero-order valence-electron chi connectivity index (χ0n) is 23.7. The molecule has 0 spiro atoms. The molecule has 5 unspecified atom stereocenters. The number of allylic oxidation sites excluding steroid dienone is 2. The number of esters is 1. The second kappa shape index (κ2) is 11.6. The highest BCUT2D eigenvalue weighted by Crippen LogP contribution is 2.61. The van der Waals surface area contributed by atoms with E-state index in [4.69, 9.17) is 53.9 Å². The van der Waals surface area contributed by atoms with E-state index in [1.54, 1.807) is 25.3 Å². The minimum atomic E-state index is -0.647. The number of hydrogen-bond donors (Lipinski definition) is 0. The molecule has 41 heavy (non-hydrogen) atoms. The van der Waals surface area contributed by atoms with Crippen LogP contribution in [0.1, 0.15) is 50.7 Å². The zero-order chi connectivity index (χ0) is 29.5. The van der Waals surface area contributed by atoms with Crippen LogP contribution in [0.4, 0.5) is 0 Å². The summed E-state index contributed by atoms with van der Waals surface area (Å²) >= 11 is 19.9. The van der Waals surface area contributed by atoms with Crippen molar-refractivity contribution in [2.75, 3.05) is 20.8 Å². The van der Waals surface area contributed by atoms with Gasteiger partial charge in [0.15, 0.2) is 6.10 Å². The number of oxime groups is 1. The molecule has 1 aliphatic heterocycles. The molecule has 1 saturated carbocycles. The Morgan fingerprint density at radius 1 is 1.12 bits per heavy atom. The van der Waals surface area contributed by atoms with Crippen molar-refractivity contribution >= 4 is 46.5 Å². The van der Waals surface area contributed by atoms with E-state index >= 15 is 0 Å². The van der Waals surface area contributed by atoms with Gasteiger partial charge in [-0.25, -0.2) is 4.79 Å². The molecule has 2 aromatic carbocycles. The summed E-state index contributed by atoms with van der Waals surface area (Å²) in [6, 6.07) is 11.2. The fourth-order valence-corrected chi connectivity index (χ4v) is 6.81. The third-order valence-electron chi connectivity index (χ3n) is 8.68. The zero-order valence-corrected chi connectivity index (χ0v) is 26.0. The van der Waals surface area contributed by atoms with E-state index < -0.39 is 11.7 Å². The van der Waals surface area contributed by atoms with Crippen molar-refractivity contribution in [2.24, 2.45) is 22.4 Å². The summed E-state index contributed by atoms with van der Waals surface area (Å²) in [6.45, 7) is 6.39. The SMILES string of the molecule is COC(=O)C1=CCC(C)(C2CC2c2ccc(OCC3C(c4c(Cl)cccc4Cl)=NOC3C(C)(C)OC)cc2Cl)C=C1. The van der Waals surface area contributed by atoms with Crippen LogP contribution in [0.25, 0.3) is 0 Å². The minimum absolute atomic E-state index is 0.0396. The highest BCUT2D eigenvalue weighted by Gasteiger charge is 2.50. The van der Waals surface area contributed by atoms with E-state index in [2.05, 4.69) is 24.2 Å². The average Bonchev–Trinajstić information content (AvgIpc) is 3.65. The monoisotopic (exact) mass is 617 g/mol. The van der Waals surface area contributed by atoms with E-state index in [9.17, 15) is 4.79 Å². The lowest BCUT2D eigenvalue weighted by Gasteiger charge is -2.32. The number of nitrogens with zero attached hydrogens (tertiary/aromatic N) is 1. The standard InChI is InChI=1S/C32H34Cl3NO5/c1-31(2,39-5)29-22(28(36-41-29)27-24(33)7-6-8-25(27)34)17-40-19-9-10-20(26(35)15-19)21-16-23(21)32(3)13-11-18(12-14-32)30(37)38-4/h6-13,15,21-23,29H,14,16-17H2,1-5H3. The summed E-state index contributed by atoms with van der Waals surface area (Å²) in [6.07, 6.45) is 7.39. The van der Waals surface area contributed by atoms with Crippen LogP contribution in [0.5, 0.6) is 5.75 Å². The van der Waals surface area contributed by atoms with Crippen molar-refractivity contribution in [3.05, 3.63) is 86.4 Å². The van der Waals surface area contributed by atoms with Crippen LogP contribution in [0.15, 0.2) is 65.4 Å². The Hall–Kier alpha value is -2.51. The molecular formula is C32H34Cl3NO5. The Balaban J connectivity index is 1.30. The molecule has 9 heteroatoms. The summed E-state index contributed by atoms with van der Waals surface area (Å²) in [7, 11) is 3.04. The van der Waals surface area contributed by atoms with Gasteiger partial charge in [-0.05, 0) is 73.8 Å². The highest BCUT2D eigenvalue weighted by molar-refractivity contribution is 6.40. The predicted molar refractivity (Wildman–Crippen MR) is 162 cm³/mol. The first-order chi connectivity index (χ1) is 19.5. The topological polar surface area (TPSA) is 66.4 Å². The lowest BCUT2D eigenvalue weighted by Crippen LogP contribution is -2.46. The van der Waals surface area contributed by atoms with Crippen molar-refractivity contribution in [1.82, 2.24) is 0 Å². The van der Waals surface area contributed by atoms with Gasteiger partial charge in [0.25, 0.3) is 0 Å². The van der Waals surface area contributed by atoms with Crippen LogP contribution in [0.3, 0.4) is 0 Å². The Morgan fingerprint density at radius 2 is 1.85 bits per heavy atom. The van der Waals surface area contributed by atoms with Crippen molar-refractivity contribution in [1.29, 1.82) is 0 Å². The number of ether oxygens (including phenoxy) is 3. The van der Waals surface area contributed by atoms with Gasteiger partial charge in [-0.1, -0.05) is 77.2 Å². The quantitative estimate of drug-likeness (QED) is 0.266. The maximum atomic E-state index is 11.9. The lowest BCUT2D eigenvalue weighted by molar-refractivity contribution is -0.135. The van der Waals surface area contributed by atoms with Gasteiger partial charge in [-0.3, -0.25) is 0 Å². The summed E-state index contributed by atoms with van der Waals surface area (Å²) in [4.78, 5) is 17.7. The first-order valence-corrected chi connectivity index (χ1v) is 14.8. The summed E-state index contributed by atoms with van der Waals surface area (Å²) in [5.74, 6) is 0.829. The van der Waals surface area contributed by atoms with E-state index in [-0.39, 0.29) is 23.9 Å². The molecule has 1 heterocycles. The molecule has 2 aliphatic carbocycles. The Labute approximate surface area is 256 Å². The molecule has 1 fully saturated rings. The maximum Gasteiger partial charge on any atom is 0.337 e. The summed E-state index contributed by atoms with van der Waals surface area (Å²) in [5.41, 5.74) is 2.28. The molecule has 3 aliphatic rings. The molecule has 0 aromatic heterocycles. The molecule has 0 N–H and O–H groups in total. The third-order valence-corrected chi connectivity index (χ3v) is 9.63. The number of hydrogen-bond acceptors (Lipinski definition) is 6. The van der Waals surface area contributed by atoms with Crippen molar-refractivity contribution < 1.29 is 23.8 Å². The summed E-state index contributed by atoms with van der Waals surface area (Å²) < 4.78 is 16.9. The lowest BCUT2D eigenvalue weighted by atomic mass is 9.76. The van der Waals surface area contributed by atoms with Crippen molar-refractivity contribution in [3.8, 4) is 5.75 Å². The number of methoxy groups -OCH3 is 2. The van der Waals surface area contributed by atoms with Crippen LogP contribution in [0.2, 0.25) is 15.1 Å². The van der Waals surface area contributed by atoms with Crippen LogP contribution < -0.4 is 4.74 Å². The summed E-state index contributed by atoms with van der Waals surface area (Å²) in [5, 5.41) is 6.04. The van der Waals surface area contributed by atoms with E-state index in [1.807, 2.05) is 38.1 Å².